The van der Waals surface area contributed by atoms with Gasteiger partial charge in [0.2, 0.25) is 11.4 Å². The number of pyridine rings is 1. The van der Waals surface area contributed by atoms with Crippen molar-refractivity contribution < 1.29 is 4.39 Å². The maximum Gasteiger partial charge on any atom is 0.248 e. The Balaban J connectivity index is 1.17. The average Bonchev–Trinajstić information content (AvgIpc) is 3.38. The molecule has 2 aliphatic carbocycles. The Morgan fingerprint density at radius 3 is 2.86 bits per heavy atom. The van der Waals surface area contributed by atoms with Gasteiger partial charge in [0, 0.05) is 35.8 Å². The molecule has 4 aliphatic rings. The predicted molar refractivity (Wildman–Crippen MR) is 140 cm³/mol. The smallest absolute Gasteiger partial charge is 0.248 e. The summed E-state index contributed by atoms with van der Waals surface area (Å²) in [6.45, 7) is 3.81. The first-order valence-corrected chi connectivity index (χ1v) is 13.0. The third-order valence-corrected chi connectivity index (χ3v) is 9.00. The van der Waals surface area contributed by atoms with Crippen molar-refractivity contribution in [3.05, 3.63) is 92.9 Å². The van der Waals surface area contributed by atoms with Crippen LogP contribution in [0.5, 0.6) is 0 Å². The summed E-state index contributed by atoms with van der Waals surface area (Å²) < 4.78 is 14.7. The number of benzene rings is 1. The molecular weight excluding hydrogens is 491 g/mol. The lowest BCUT2D eigenvalue weighted by atomic mass is 9.88. The number of azo groups is 1. The summed E-state index contributed by atoms with van der Waals surface area (Å²) >= 11 is 6.74. The first kappa shape index (κ1) is 22.5. The lowest BCUT2D eigenvalue weighted by Crippen LogP contribution is -2.32. The summed E-state index contributed by atoms with van der Waals surface area (Å²) in [5, 5.41) is 8.09. The molecule has 7 rings (SSSR count). The maximum atomic E-state index is 14.7. The zero-order valence-corrected chi connectivity index (χ0v) is 20.9. The predicted octanol–water partition coefficient (Wildman–Crippen LogP) is 5.92. The molecule has 7 nitrogen and oxygen atoms in total. The van der Waals surface area contributed by atoms with Gasteiger partial charge in [-0.1, -0.05) is 37.3 Å². The van der Waals surface area contributed by atoms with Gasteiger partial charge < -0.3 is 9.88 Å². The van der Waals surface area contributed by atoms with Crippen molar-refractivity contribution in [3.63, 3.8) is 0 Å². The fourth-order valence-corrected chi connectivity index (χ4v) is 7.07. The van der Waals surface area contributed by atoms with Gasteiger partial charge in [-0.15, -0.1) is 21.8 Å². The number of piperidine rings is 1. The van der Waals surface area contributed by atoms with Crippen LogP contribution in [0.3, 0.4) is 0 Å². The number of H-pyrrole nitrogens is 1. The lowest BCUT2D eigenvalue weighted by Gasteiger charge is -2.27. The van der Waals surface area contributed by atoms with E-state index in [9.17, 15) is 9.18 Å². The second-order valence-electron chi connectivity index (χ2n) is 10.1. The Morgan fingerprint density at radius 2 is 2.03 bits per heavy atom. The van der Waals surface area contributed by atoms with E-state index in [-0.39, 0.29) is 16.8 Å². The van der Waals surface area contributed by atoms with Crippen LogP contribution in [0, 0.1) is 17.7 Å². The zero-order valence-electron chi connectivity index (χ0n) is 20.2. The molecule has 0 amide bonds. The van der Waals surface area contributed by atoms with Gasteiger partial charge in [0.15, 0.2) is 0 Å². The molecule has 4 heterocycles. The van der Waals surface area contributed by atoms with Crippen molar-refractivity contribution in [3.8, 4) is 0 Å². The van der Waals surface area contributed by atoms with Crippen LogP contribution in [-0.2, 0) is 5.41 Å². The Hall–Kier alpha value is -3.65. The molecule has 9 heteroatoms. The van der Waals surface area contributed by atoms with E-state index in [1.54, 1.807) is 24.4 Å². The van der Waals surface area contributed by atoms with E-state index in [1.165, 1.54) is 6.07 Å². The fourth-order valence-electron chi connectivity index (χ4n) is 6.71. The molecule has 0 spiro atoms. The van der Waals surface area contributed by atoms with Gasteiger partial charge in [0.25, 0.3) is 0 Å². The van der Waals surface area contributed by atoms with Crippen LogP contribution in [0.2, 0.25) is 0 Å². The van der Waals surface area contributed by atoms with Crippen molar-refractivity contribution in [2.45, 2.75) is 30.6 Å². The summed E-state index contributed by atoms with van der Waals surface area (Å²) in [6, 6.07) is 10.4. The average molecular weight is 515 g/mol. The van der Waals surface area contributed by atoms with Gasteiger partial charge in [-0.05, 0) is 47.9 Å². The van der Waals surface area contributed by atoms with E-state index in [0.717, 1.165) is 48.4 Å². The number of hydrogen-bond donors (Lipinski definition) is 1. The third kappa shape index (κ3) is 3.28. The molecular formula is C28H24ClFN6O. The van der Waals surface area contributed by atoms with Gasteiger partial charge in [0.1, 0.15) is 28.4 Å². The van der Waals surface area contributed by atoms with Crippen LogP contribution >= 0.6 is 11.6 Å². The molecule has 1 N–H and O–H groups in total. The third-order valence-electron chi connectivity index (χ3n) is 8.55. The van der Waals surface area contributed by atoms with Gasteiger partial charge >= 0.3 is 0 Å². The number of aromatic amines is 1. The number of aromatic nitrogens is 3. The first-order valence-electron chi connectivity index (χ1n) is 12.6. The number of alkyl halides is 1. The standard InChI is InChI=1S/C28H24ClFN6O/c1-2-28(18-5-3-4-6-20(18)30)17-11-12-36(14-19(17)28)21-13-31-26-25(34-35-27(26)32-21)16-9-7-15-8-10-22(37)33-24(15)23(16)29/h3-10,13,17,19,23H,2,11-12,14H2,1H3,(H,33,37)/b25-16-/t17-,19+,23?,28-/m1/s1. The molecule has 4 atom stereocenters. The summed E-state index contributed by atoms with van der Waals surface area (Å²) in [4.78, 5) is 26.4. The highest BCUT2D eigenvalue weighted by Crippen LogP contribution is 2.65. The topological polar surface area (TPSA) is 86.6 Å². The van der Waals surface area contributed by atoms with Crippen molar-refractivity contribution in [2.24, 2.45) is 22.1 Å². The molecule has 1 unspecified atom stereocenters. The van der Waals surface area contributed by atoms with Crippen LogP contribution in [0.15, 0.2) is 69.3 Å². The quantitative estimate of drug-likeness (QED) is 0.439. The number of nitrogens with one attached hydrogen (secondary N) is 1. The first-order chi connectivity index (χ1) is 18.0. The Morgan fingerprint density at radius 1 is 1.16 bits per heavy atom. The molecule has 186 valence electrons. The van der Waals surface area contributed by atoms with Gasteiger partial charge in [-0.25, -0.2) is 14.4 Å². The number of fused-ring (bicyclic) bond motifs is 3. The minimum atomic E-state index is -0.579. The second kappa shape index (κ2) is 8.18. The summed E-state index contributed by atoms with van der Waals surface area (Å²) in [5.74, 6) is 1.97. The van der Waals surface area contributed by atoms with Crippen molar-refractivity contribution in [1.82, 2.24) is 15.0 Å². The monoisotopic (exact) mass is 514 g/mol. The molecule has 2 fully saturated rings. The molecule has 2 aromatic heterocycles. The van der Waals surface area contributed by atoms with E-state index in [0.29, 0.717) is 34.7 Å². The molecule has 3 aromatic rings. The normalized spacial score (nSPS) is 29.2. The molecule has 37 heavy (non-hydrogen) atoms. The highest BCUT2D eigenvalue weighted by Gasteiger charge is 2.65. The van der Waals surface area contributed by atoms with Crippen LogP contribution in [0.25, 0.3) is 11.8 Å². The van der Waals surface area contributed by atoms with Crippen molar-refractivity contribution >= 4 is 35.0 Å². The molecule has 2 aliphatic heterocycles. The number of anilines is 1. The minimum Gasteiger partial charge on any atom is -0.355 e. The Labute approximate surface area is 217 Å². The summed E-state index contributed by atoms with van der Waals surface area (Å²) in [6.07, 6.45) is 7.46. The van der Waals surface area contributed by atoms with Crippen molar-refractivity contribution in [1.29, 1.82) is 0 Å². The zero-order chi connectivity index (χ0) is 25.3. The van der Waals surface area contributed by atoms with E-state index < -0.39 is 5.38 Å². The van der Waals surface area contributed by atoms with Gasteiger partial charge in [0.05, 0.1) is 6.20 Å². The largest absolute Gasteiger partial charge is 0.355 e. The number of nitrogens with zero attached hydrogens (tertiary/aromatic N) is 5. The number of halogens is 2. The molecule has 1 saturated carbocycles. The van der Waals surface area contributed by atoms with Crippen molar-refractivity contribution in [2.75, 3.05) is 18.0 Å². The number of allylic oxidation sites excluding steroid dienone is 2. The maximum absolute atomic E-state index is 14.7. The lowest BCUT2D eigenvalue weighted by molar-refractivity contribution is 0.516. The van der Waals surface area contributed by atoms with E-state index in [4.69, 9.17) is 21.6 Å². The van der Waals surface area contributed by atoms with Crippen LogP contribution in [-0.4, -0.2) is 28.0 Å². The summed E-state index contributed by atoms with van der Waals surface area (Å²) in [7, 11) is 0. The Kier molecular flexibility index (Phi) is 4.98. The highest BCUT2D eigenvalue weighted by atomic mass is 35.5. The van der Waals surface area contributed by atoms with E-state index in [1.807, 2.05) is 24.3 Å². The van der Waals surface area contributed by atoms with E-state index >= 15 is 0 Å². The molecule has 1 saturated heterocycles. The van der Waals surface area contributed by atoms with Crippen LogP contribution in [0.4, 0.5) is 16.0 Å². The number of hydrogen-bond acceptors (Lipinski definition) is 6. The molecule has 1 aromatic carbocycles. The van der Waals surface area contributed by atoms with E-state index in [2.05, 4.69) is 27.0 Å². The second-order valence-corrected chi connectivity index (χ2v) is 10.5. The van der Waals surface area contributed by atoms with Gasteiger partial charge in [-0.2, -0.15) is 0 Å². The fraction of sp³-hybridized carbons (Fsp3) is 0.321. The van der Waals surface area contributed by atoms with Crippen LogP contribution in [0.1, 0.15) is 47.7 Å². The highest BCUT2D eigenvalue weighted by molar-refractivity contribution is 6.24. The molecule has 0 radical (unpaired) electrons. The summed E-state index contributed by atoms with van der Waals surface area (Å²) in [5.41, 5.74) is 3.88. The van der Waals surface area contributed by atoms with Gasteiger partial charge in [-0.3, -0.25) is 4.79 Å². The minimum absolute atomic E-state index is 0.107. The van der Waals surface area contributed by atoms with Crippen LogP contribution < -0.4 is 10.5 Å². The molecule has 0 bridgehead atoms. The SMILES string of the molecule is CC[C@]1(c2ccccc2F)[C@@H]2CCN(c3cnc4c(n3)N=N/C4=C3/C=Cc4ccc(=O)[nH]c4C3Cl)C[C@@H]21. The number of rotatable bonds is 3. The Bertz CT molecular complexity index is 1600.